The van der Waals surface area contributed by atoms with Crippen LogP contribution in [0, 0.1) is 24.4 Å². The zero-order valence-corrected chi connectivity index (χ0v) is 36.9. The summed E-state index contributed by atoms with van der Waals surface area (Å²) in [6.07, 6.45) is 3.84. The van der Waals surface area contributed by atoms with Crippen molar-refractivity contribution in [2.45, 2.75) is 140 Å². The molecule has 5 aromatic carbocycles. The highest BCUT2D eigenvalue weighted by Gasteiger charge is 2.13. The van der Waals surface area contributed by atoms with Crippen LogP contribution in [0.4, 0.5) is 13.2 Å². The van der Waals surface area contributed by atoms with Crippen molar-refractivity contribution in [3.05, 3.63) is 166 Å². The van der Waals surface area contributed by atoms with E-state index in [9.17, 15) is 13.2 Å². The Morgan fingerprint density at radius 3 is 0.933 bits per heavy atom. The second kappa shape index (κ2) is 23.1. The maximum absolute atomic E-state index is 14.1. The molecular formula is C55H71F3N2. The number of nitrogens with zero attached hydrogens (tertiary/aromatic N) is 2. The van der Waals surface area contributed by atoms with Crippen molar-refractivity contribution >= 4 is 0 Å². The van der Waals surface area contributed by atoms with Gasteiger partial charge in [0.05, 0.1) is 0 Å². The first-order valence-electron chi connectivity index (χ1n) is 20.8. The third kappa shape index (κ3) is 13.5. The lowest BCUT2D eigenvalue weighted by molar-refractivity contribution is 0.596. The number of halogens is 3. The molecule has 0 aliphatic rings. The normalized spacial score (nSPS) is 11.0. The highest BCUT2D eigenvalue weighted by atomic mass is 19.1. The zero-order chi connectivity index (χ0) is 42.8. The van der Waals surface area contributed by atoms with Crippen LogP contribution < -0.4 is 0 Å². The molecule has 0 spiro atoms. The van der Waals surface area contributed by atoms with Gasteiger partial charge in [-0.15, -0.1) is 0 Å². The van der Waals surface area contributed by atoms with Crippen molar-refractivity contribution in [1.82, 2.24) is 9.97 Å². The molecule has 0 saturated heterocycles. The topological polar surface area (TPSA) is 25.8 Å². The van der Waals surface area contributed by atoms with Crippen LogP contribution in [0.15, 0.2) is 109 Å². The molecule has 0 aliphatic heterocycles. The summed E-state index contributed by atoms with van der Waals surface area (Å²) in [7, 11) is 0. The number of benzene rings is 5. The number of aryl methyl sites for hydroxylation is 1. The van der Waals surface area contributed by atoms with Gasteiger partial charge in [0.2, 0.25) is 0 Å². The lowest BCUT2D eigenvalue weighted by atomic mass is 9.93. The van der Waals surface area contributed by atoms with Crippen molar-refractivity contribution in [2.75, 3.05) is 0 Å². The monoisotopic (exact) mass is 817 g/mol. The summed E-state index contributed by atoms with van der Waals surface area (Å²) < 4.78 is 42.1. The summed E-state index contributed by atoms with van der Waals surface area (Å²) in [5, 5.41) is 0. The van der Waals surface area contributed by atoms with Crippen molar-refractivity contribution in [3.8, 4) is 33.6 Å². The second-order valence-electron chi connectivity index (χ2n) is 17.2. The van der Waals surface area contributed by atoms with Gasteiger partial charge in [-0.1, -0.05) is 177 Å². The fraction of sp³-hybridized carbons (Fsp3) is 0.382. The molecule has 6 aromatic rings. The van der Waals surface area contributed by atoms with Crippen LogP contribution in [-0.4, -0.2) is 9.97 Å². The van der Waals surface area contributed by atoms with Crippen LogP contribution in [0.25, 0.3) is 33.6 Å². The molecule has 1 aromatic heterocycles. The molecule has 0 aliphatic carbocycles. The van der Waals surface area contributed by atoms with E-state index in [2.05, 4.69) is 101 Å². The minimum Gasteiger partial charge on any atom is -0.236 e. The zero-order valence-electron chi connectivity index (χ0n) is 36.9. The van der Waals surface area contributed by atoms with E-state index in [0.717, 1.165) is 28.1 Å². The molecule has 0 saturated carbocycles. The van der Waals surface area contributed by atoms with Crippen LogP contribution in [0.1, 0.15) is 172 Å². The summed E-state index contributed by atoms with van der Waals surface area (Å²) >= 11 is 0. The third-order valence-corrected chi connectivity index (χ3v) is 10.6. The lowest BCUT2D eigenvalue weighted by Gasteiger charge is -2.13. The Labute approximate surface area is 361 Å². The predicted molar refractivity (Wildman–Crippen MR) is 254 cm³/mol. The Morgan fingerprint density at radius 2 is 0.650 bits per heavy atom. The van der Waals surface area contributed by atoms with E-state index in [-0.39, 0.29) is 50.1 Å². The van der Waals surface area contributed by atoms with Gasteiger partial charge in [-0.25, -0.2) is 23.1 Å². The highest BCUT2D eigenvalue weighted by molar-refractivity contribution is 5.66. The molecule has 60 heavy (non-hydrogen) atoms. The number of hydrogen-bond acceptors (Lipinski definition) is 2. The van der Waals surface area contributed by atoms with Crippen LogP contribution in [0.2, 0.25) is 0 Å². The third-order valence-electron chi connectivity index (χ3n) is 10.6. The van der Waals surface area contributed by atoms with E-state index >= 15 is 0 Å². The summed E-state index contributed by atoms with van der Waals surface area (Å²) in [6.45, 7) is 27.0. The molecular weight excluding hydrogens is 746 g/mol. The van der Waals surface area contributed by atoms with E-state index in [1.165, 1.54) is 34.4 Å². The number of hydrogen-bond donors (Lipinski definition) is 0. The van der Waals surface area contributed by atoms with Crippen LogP contribution in [0.5, 0.6) is 0 Å². The molecule has 1 heterocycles. The summed E-state index contributed by atoms with van der Waals surface area (Å²) in [6, 6.07) is 30.7. The molecule has 0 amide bonds. The van der Waals surface area contributed by atoms with Gasteiger partial charge in [-0.3, -0.25) is 0 Å². The maximum atomic E-state index is 14.1. The molecule has 0 bridgehead atoms. The Morgan fingerprint density at radius 1 is 0.350 bits per heavy atom. The quantitative estimate of drug-likeness (QED) is 0.145. The smallest absolute Gasteiger partial charge is 0.159 e. The number of aromatic nitrogens is 2. The van der Waals surface area contributed by atoms with E-state index in [0.29, 0.717) is 40.0 Å². The van der Waals surface area contributed by atoms with Crippen LogP contribution in [-0.2, 0) is 0 Å². The molecule has 0 fully saturated rings. The summed E-state index contributed by atoms with van der Waals surface area (Å²) in [4.78, 5) is 8.87. The lowest BCUT2D eigenvalue weighted by Crippen LogP contribution is -1.95. The van der Waals surface area contributed by atoms with Gasteiger partial charge >= 0.3 is 0 Å². The van der Waals surface area contributed by atoms with Gasteiger partial charge in [-0.05, 0) is 122 Å². The molecule has 2 nitrogen and oxygen atoms in total. The van der Waals surface area contributed by atoms with Gasteiger partial charge in [0, 0.05) is 18.0 Å². The van der Waals surface area contributed by atoms with E-state index in [4.69, 9.17) is 0 Å². The van der Waals surface area contributed by atoms with E-state index in [1.807, 2.05) is 78.2 Å². The van der Waals surface area contributed by atoms with E-state index < -0.39 is 0 Å². The summed E-state index contributed by atoms with van der Waals surface area (Å²) in [5.74, 6) is 2.28. The van der Waals surface area contributed by atoms with Crippen LogP contribution >= 0.6 is 0 Å². The van der Waals surface area contributed by atoms with Crippen molar-refractivity contribution in [1.29, 1.82) is 0 Å². The van der Waals surface area contributed by atoms with Crippen LogP contribution in [0.3, 0.4) is 0 Å². The van der Waals surface area contributed by atoms with Gasteiger partial charge in [-0.2, -0.15) is 0 Å². The minimum absolute atomic E-state index is 0. The first-order chi connectivity index (χ1) is 27.4. The fourth-order valence-corrected chi connectivity index (χ4v) is 6.83. The summed E-state index contributed by atoms with van der Waals surface area (Å²) in [5.41, 5.74) is 11.8. The Hall–Kier alpha value is -5.03. The molecule has 0 atom stereocenters. The average molecular weight is 817 g/mol. The standard InChI is InChI=1S/C19H23F.C18H20F2.C16H20N2.2CH4/c1-12(2)17-8-6-15(10-14(17)5)16-7-9-18(13(3)4)19(20)11-16;1-11(2)15-7-5-13(9-17(15)19)14-6-8-16(12(3)4)18(20)10-14;1-11(2)13-5-7-14(8-6-13)16-17-9-15(10-18-16)12(3)4;;/h6-13H,1-5H3;5-12H,1-4H3;5-12H,1-4H3;2*1H4. The molecule has 0 radical (unpaired) electrons. The molecule has 6 rings (SSSR count). The Kier molecular flexibility index (Phi) is 19.7. The SMILES string of the molecule is C.C.CC(C)c1ccc(-c2ccc(C(C)C)c(F)c2)cc1F.CC(C)c1ccc(-c2ncc(C(C)C)cn2)cc1.Cc1cc(-c2ccc(C(C)C)c(F)c2)ccc1C(C)C. The first kappa shape index (κ1) is 51.1. The molecule has 0 N–H and O–H groups in total. The number of rotatable bonds is 9. The van der Waals surface area contributed by atoms with Gasteiger partial charge in [0.15, 0.2) is 5.82 Å². The van der Waals surface area contributed by atoms with E-state index in [1.54, 1.807) is 18.2 Å². The second-order valence-corrected chi connectivity index (χ2v) is 17.2. The van der Waals surface area contributed by atoms with Crippen molar-refractivity contribution < 1.29 is 13.2 Å². The maximum Gasteiger partial charge on any atom is 0.159 e. The molecule has 5 heteroatoms. The minimum atomic E-state index is -0.231. The van der Waals surface area contributed by atoms with Crippen molar-refractivity contribution in [2.24, 2.45) is 0 Å². The average Bonchev–Trinajstić information content (AvgIpc) is 3.17. The highest BCUT2D eigenvalue weighted by Crippen LogP contribution is 2.31. The van der Waals surface area contributed by atoms with Gasteiger partial charge in [0.25, 0.3) is 0 Å². The van der Waals surface area contributed by atoms with Gasteiger partial charge in [0.1, 0.15) is 17.5 Å². The fourth-order valence-electron chi connectivity index (χ4n) is 6.83. The Balaban J connectivity index is 0.000000305. The predicted octanol–water partition coefficient (Wildman–Crippen LogP) is 17.6. The van der Waals surface area contributed by atoms with Crippen molar-refractivity contribution in [3.63, 3.8) is 0 Å². The molecule has 0 unspecified atom stereocenters. The largest absolute Gasteiger partial charge is 0.236 e. The van der Waals surface area contributed by atoms with Gasteiger partial charge < -0.3 is 0 Å². The molecule has 322 valence electrons. The Bertz CT molecular complexity index is 1960. The first-order valence-corrected chi connectivity index (χ1v) is 20.8.